The van der Waals surface area contributed by atoms with Crippen molar-refractivity contribution in [3.05, 3.63) is 45.5 Å². The second-order valence-corrected chi connectivity index (χ2v) is 4.51. The van der Waals surface area contributed by atoms with E-state index >= 15 is 0 Å². The smallest absolute Gasteiger partial charge is 0.270 e. The van der Waals surface area contributed by atoms with Gasteiger partial charge in [0.25, 0.3) is 5.69 Å². The van der Waals surface area contributed by atoms with Crippen molar-refractivity contribution in [2.75, 3.05) is 13.1 Å². The summed E-state index contributed by atoms with van der Waals surface area (Å²) >= 11 is 0. The largest absolute Gasteiger partial charge is 0.313 e. The van der Waals surface area contributed by atoms with Gasteiger partial charge in [0.1, 0.15) is 0 Å². The van der Waals surface area contributed by atoms with Crippen LogP contribution < -0.4 is 5.32 Å². The molecule has 98 valence electrons. The molecular weight excluding hydrogens is 228 g/mol. The van der Waals surface area contributed by atoms with Crippen molar-refractivity contribution in [2.45, 2.75) is 20.8 Å². The first-order chi connectivity index (χ1) is 8.54. The van der Waals surface area contributed by atoms with E-state index in [0.717, 1.165) is 18.7 Å². The van der Waals surface area contributed by atoms with E-state index in [1.807, 2.05) is 12.1 Å². The van der Waals surface area contributed by atoms with Gasteiger partial charge in [0.05, 0.1) is 4.92 Å². The van der Waals surface area contributed by atoms with Gasteiger partial charge >= 0.3 is 0 Å². The Labute approximate surface area is 108 Å². The first-order valence-corrected chi connectivity index (χ1v) is 6.20. The zero-order chi connectivity index (χ0) is 13.5. The maximum absolute atomic E-state index is 10.7. The number of non-ortho nitro benzene ring substituents is 1. The standard InChI is InChI=1S/C14H20N2O2/c1-4-15-10-13(11(2)3)8-12-6-5-7-14(9-12)16(17)18/h5-9,11,15H,4,10H2,1-3H3. The molecule has 0 fully saturated rings. The number of nitrogens with one attached hydrogen (secondary N) is 1. The Kier molecular flexibility index (Phi) is 5.52. The molecule has 0 spiro atoms. The summed E-state index contributed by atoms with van der Waals surface area (Å²) in [5.41, 5.74) is 2.26. The van der Waals surface area contributed by atoms with Crippen molar-refractivity contribution >= 4 is 11.8 Å². The van der Waals surface area contributed by atoms with Crippen molar-refractivity contribution in [3.63, 3.8) is 0 Å². The van der Waals surface area contributed by atoms with E-state index in [1.165, 1.54) is 11.6 Å². The highest BCUT2D eigenvalue weighted by Crippen LogP contribution is 2.18. The second kappa shape index (κ2) is 6.91. The molecule has 0 amide bonds. The molecule has 0 atom stereocenters. The van der Waals surface area contributed by atoms with Gasteiger partial charge in [0, 0.05) is 18.7 Å². The van der Waals surface area contributed by atoms with Crippen molar-refractivity contribution < 1.29 is 4.92 Å². The number of nitro groups is 1. The summed E-state index contributed by atoms with van der Waals surface area (Å²) < 4.78 is 0. The average Bonchev–Trinajstić information content (AvgIpc) is 2.34. The van der Waals surface area contributed by atoms with E-state index in [0.29, 0.717) is 5.92 Å². The Morgan fingerprint density at radius 3 is 2.78 bits per heavy atom. The first kappa shape index (κ1) is 14.4. The molecule has 0 radical (unpaired) electrons. The SMILES string of the molecule is CCNCC(=Cc1cccc([N+](=O)[O-])c1)C(C)C. The van der Waals surface area contributed by atoms with Gasteiger partial charge < -0.3 is 5.32 Å². The summed E-state index contributed by atoms with van der Waals surface area (Å²) in [6.07, 6.45) is 2.03. The van der Waals surface area contributed by atoms with Gasteiger partial charge in [-0.3, -0.25) is 10.1 Å². The number of hydrogen-bond donors (Lipinski definition) is 1. The molecule has 0 aromatic heterocycles. The summed E-state index contributed by atoms with van der Waals surface area (Å²) in [5.74, 6) is 0.420. The minimum Gasteiger partial charge on any atom is -0.313 e. The predicted molar refractivity (Wildman–Crippen MR) is 74.5 cm³/mol. The molecule has 18 heavy (non-hydrogen) atoms. The quantitative estimate of drug-likeness (QED) is 0.621. The molecule has 0 aliphatic heterocycles. The Bertz CT molecular complexity index is 439. The molecule has 0 unspecified atom stereocenters. The molecule has 4 heteroatoms. The maximum atomic E-state index is 10.7. The van der Waals surface area contributed by atoms with Crippen LogP contribution in [0.15, 0.2) is 29.8 Å². The van der Waals surface area contributed by atoms with Crippen LogP contribution in [-0.4, -0.2) is 18.0 Å². The summed E-state index contributed by atoms with van der Waals surface area (Å²) in [7, 11) is 0. The van der Waals surface area contributed by atoms with Crippen molar-refractivity contribution in [1.29, 1.82) is 0 Å². The lowest BCUT2D eigenvalue weighted by Crippen LogP contribution is -2.18. The Morgan fingerprint density at radius 2 is 2.22 bits per heavy atom. The van der Waals surface area contributed by atoms with Gasteiger partial charge in [-0.1, -0.05) is 44.6 Å². The first-order valence-electron chi connectivity index (χ1n) is 6.20. The van der Waals surface area contributed by atoms with E-state index in [4.69, 9.17) is 0 Å². The normalized spacial score (nSPS) is 11.9. The van der Waals surface area contributed by atoms with Crippen LogP contribution in [0.25, 0.3) is 6.08 Å². The lowest BCUT2D eigenvalue weighted by molar-refractivity contribution is -0.384. The summed E-state index contributed by atoms with van der Waals surface area (Å²) in [5, 5.41) is 14.0. The van der Waals surface area contributed by atoms with Gasteiger partial charge in [-0.25, -0.2) is 0 Å². The Morgan fingerprint density at radius 1 is 1.50 bits per heavy atom. The third-order valence-corrected chi connectivity index (χ3v) is 2.75. The number of hydrogen-bond acceptors (Lipinski definition) is 3. The molecule has 0 saturated carbocycles. The molecule has 4 nitrogen and oxygen atoms in total. The van der Waals surface area contributed by atoms with Crippen LogP contribution in [-0.2, 0) is 0 Å². The van der Waals surface area contributed by atoms with Gasteiger partial charge in [-0.05, 0) is 18.0 Å². The van der Waals surface area contributed by atoms with Crippen LogP contribution in [0.2, 0.25) is 0 Å². The fourth-order valence-electron chi connectivity index (χ4n) is 1.63. The maximum Gasteiger partial charge on any atom is 0.270 e. The molecule has 1 aromatic carbocycles. The Hall–Kier alpha value is -1.68. The predicted octanol–water partition coefficient (Wildman–Crippen LogP) is 3.24. The molecule has 0 heterocycles. The fraction of sp³-hybridized carbons (Fsp3) is 0.429. The number of benzene rings is 1. The van der Waals surface area contributed by atoms with Gasteiger partial charge in [-0.2, -0.15) is 0 Å². The molecule has 1 N–H and O–H groups in total. The van der Waals surface area contributed by atoms with Crippen LogP contribution in [0.4, 0.5) is 5.69 Å². The van der Waals surface area contributed by atoms with Crippen LogP contribution in [0.3, 0.4) is 0 Å². The van der Waals surface area contributed by atoms with Gasteiger partial charge in [0.15, 0.2) is 0 Å². The number of nitro benzene ring substituents is 1. The molecule has 0 bridgehead atoms. The lowest BCUT2D eigenvalue weighted by Gasteiger charge is -2.12. The lowest BCUT2D eigenvalue weighted by atomic mass is 10.00. The minimum absolute atomic E-state index is 0.135. The molecule has 1 rings (SSSR count). The molecule has 0 aliphatic rings. The Balaban J connectivity index is 2.96. The molecule has 0 saturated heterocycles. The average molecular weight is 248 g/mol. The molecular formula is C14H20N2O2. The van der Waals surface area contributed by atoms with E-state index < -0.39 is 0 Å². The highest BCUT2D eigenvalue weighted by Gasteiger charge is 2.07. The van der Waals surface area contributed by atoms with E-state index in [1.54, 1.807) is 12.1 Å². The van der Waals surface area contributed by atoms with E-state index in [9.17, 15) is 10.1 Å². The highest BCUT2D eigenvalue weighted by molar-refractivity contribution is 5.56. The van der Waals surface area contributed by atoms with Crippen molar-refractivity contribution in [2.24, 2.45) is 5.92 Å². The highest BCUT2D eigenvalue weighted by atomic mass is 16.6. The summed E-state index contributed by atoms with van der Waals surface area (Å²) in [6.45, 7) is 8.04. The van der Waals surface area contributed by atoms with Crippen molar-refractivity contribution in [1.82, 2.24) is 5.32 Å². The topological polar surface area (TPSA) is 55.2 Å². The number of rotatable bonds is 6. The van der Waals surface area contributed by atoms with Crippen LogP contribution in [0.5, 0.6) is 0 Å². The van der Waals surface area contributed by atoms with Gasteiger partial charge in [-0.15, -0.1) is 0 Å². The van der Waals surface area contributed by atoms with Crippen LogP contribution in [0, 0.1) is 16.0 Å². The van der Waals surface area contributed by atoms with Crippen LogP contribution >= 0.6 is 0 Å². The van der Waals surface area contributed by atoms with Gasteiger partial charge in [0.2, 0.25) is 0 Å². The van der Waals surface area contributed by atoms with Crippen molar-refractivity contribution in [3.8, 4) is 0 Å². The number of nitrogens with zero attached hydrogens (tertiary/aromatic N) is 1. The third-order valence-electron chi connectivity index (χ3n) is 2.75. The third kappa shape index (κ3) is 4.30. The fourth-order valence-corrected chi connectivity index (χ4v) is 1.63. The zero-order valence-electron chi connectivity index (χ0n) is 11.1. The van der Waals surface area contributed by atoms with E-state index in [-0.39, 0.29) is 10.6 Å². The monoisotopic (exact) mass is 248 g/mol. The van der Waals surface area contributed by atoms with Crippen LogP contribution in [0.1, 0.15) is 26.3 Å². The number of likely N-dealkylation sites (N-methyl/N-ethyl adjacent to an activating group) is 1. The molecule has 0 aliphatic carbocycles. The second-order valence-electron chi connectivity index (χ2n) is 4.51. The zero-order valence-corrected chi connectivity index (χ0v) is 11.1. The summed E-state index contributed by atoms with van der Waals surface area (Å²) in [4.78, 5) is 10.4. The van der Waals surface area contributed by atoms with E-state index in [2.05, 4.69) is 26.1 Å². The summed E-state index contributed by atoms with van der Waals surface area (Å²) in [6, 6.07) is 6.72. The molecule has 1 aromatic rings. The minimum atomic E-state index is -0.364.